The van der Waals surface area contributed by atoms with E-state index in [0.29, 0.717) is 22.6 Å². The van der Waals surface area contributed by atoms with Gasteiger partial charge in [0.1, 0.15) is 22.1 Å². The number of carbonyl (C=O) groups is 2. The van der Waals surface area contributed by atoms with E-state index < -0.39 is 23.5 Å². The summed E-state index contributed by atoms with van der Waals surface area (Å²) in [6.45, 7) is 1.83. The summed E-state index contributed by atoms with van der Waals surface area (Å²) in [4.78, 5) is 25.4. The van der Waals surface area contributed by atoms with Crippen molar-refractivity contribution in [3.8, 4) is 22.6 Å². The quantitative estimate of drug-likeness (QED) is 0.292. The summed E-state index contributed by atoms with van der Waals surface area (Å²) in [6, 6.07) is 19.3. The Labute approximate surface area is 198 Å². The van der Waals surface area contributed by atoms with Crippen LogP contribution in [-0.2, 0) is 4.74 Å². The summed E-state index contributed by atoms with van der Waals surface area (Å²) >= 11 is 1.13. The van der Waals surface area contributed by atoms with Crippen molar-refractivity contribution >= 4 is 28.2 Å². The zero-order valence-corrected chi connectivity index (χ0v) is 18.8. The summed E-state index contributed by atoms with van der Waals surface area (Å²) in [5.41, 5.74) is 1.38. The van der Waals surface area contributed by atoms with E-state index >= 15 is 0 Å². The number of hydrogen-bond acceptors (Lipinski definition) is 5. The molecule has 0 radical (unpaired) electrons. The van der Waals surface area contributed by atoms with Crippen LogP contribution >= 0.6 is 11.3 Å². The van der Waals surface area contributed by atoms with Crippen molar-refractivity contribution in [1.82, 2.24) is 0 Å². The van der Waals surface area contributed by atoms with Crippen LogP contribution in [0, 0.1) is 11.6 Å². The highest BCUT2D eigenvalue weighted by atomic mass is 32.1. The highest BCUT2D eigenvalue weighted by Crippen LogP contribution is 2.37. The fraction of sp³-hybridized carbons (Fsp3) is 0.0769. The van der Waals surface area contributed by atoms with E-state index in [1.165, 1.54) is 0 Å². The van der Waals surface area contributed by atoms with E-state index in [-0.39, 0.29) is 22.7 Å². The lowest BCUT2D eigenvalue weighted by atomic mass is 10.0. The average Bonchev–Trinajstić information content (AvgIpc) is 3.25. The van der Waals surface area contributed by atoms with Gasteiger partial charge in [0.25, 0.3) is 5.91 Å². The predicted molar refractivity (Wildman–Crippen MR) is 127 cm³/mol. The number of benzene rings is 3. The average molecular weight is 480 g/mol. The standard InChI is InChI=1S/C26H19F2NO4S/c1-2-32-26(31)23-20(16-8-11-19(12-9-16)33-18-6-4-3-5-7-18)15-34-25(23)29-24(30)17-10-13-21(27)22(28)14-17/h3-15H,2H2,1H3,(H,29,30). The number of halogens is 2. The van der Waals surface area contributed by atoms with Crippen molar-refractivity contribution in [2.45, 2.75) is 6.92 Å². The molecule has 0 aliphatic heterocycles. The van der Waals surface area contributed by atoms with Gasteiger partial charge in [-0.25, -0.2) is 13.6 Å². The molecule has 5 nitrogen and oxygen atoms in total. The largest absolute Gasteiger partial charge is 0.462 e. The number of nitrogens with one attached hydrogen (secondary N) is 1. The third kappa shape index (κ3) is 5.13. The van der Waals surface area contributed by atoms with E-state index in [1.54, 1.807) is 36.6 Å². The molecular formula is C26H19F2NO4S. The van der Waals surface area contributed by atoms with Crippen molar-refractivity contribution in [3.63, 3.8) is 0 Å². The van der Waals surface area contributed by atoms with Crippen LogP contribution in [0.2, 0.25) is 0 Å². The summed E-state index contributed by atoms with van der Waals surface area (Å²) in [7, 11) is 0. The van der Waals surface area contributed by atoms with Gasteiger partial charge in [-0.05, 0) is 55.0 Å². The molecule has 1 N–H and O–H groups in total. The molecule has 1 amide bonds. The molecule has 4 aromatic rings. The molecule has 1 heterocycles. The Morgan fingerprint density at radius 1 is 0.912 bits per heavy atom. The Hall–Kier alpha value is -4.04. The van der Waals surface area contributed by atoms with E-state index in [4.69, 9.17) is 9.47 Å². The lowest BCUT2D eigenvalue weighted by Gasteiger charge is -2.10. The molecule has 0 unspecified atom stereocenters. The minimum absolute atomic E-state index is 0.0777. The molecule has 4 rings (SSSR count). The Bertz CT molecular complexity index is 1320. The second-order valence-corrected chi connectivity index (χ2v) is 7.98. The molecule has 3 aromatic carbocycles. The third-order valence-corrected chi connectivity index (χ3v) is 5.72. The minimum atomic E-state index is -1.14. The number of hydrogen-bond donors (Lipinski definition) is 1. The van der Waals surface area contributed by atoms with Crippen LogP contribution in [0.4, 0.5) is 13.8 Å². The van der Waals surface area contributed by atoms with Crippen molar-refractivity contribution in [1.29, 1.82) is 0 Å². The van der Waals surface area contributed by atoms with Crippen LogP contribution in [0.5, 0.6) is 11.5 Å². The molecule has 0 saturated heterocycles. The van der Waals surface area contributed by atoms with Crippen molar-refractivity contribution in [3.05, 3.63) is 101 Å². The lowest BCUT2D eigenvalue weighted by molar-refractivity contribution is 0.0529. The zero-order valence-electron chi connectivity index (χ0n) is 18.0. The first kappa shape index (κ1) is 23.1. The maximum atomic E-state index is 13.5. The summed E-state index contributed by atoms with van der Waals surface area (Å²) in [5.74, 6) is -2.16. The number of carbonyl (C=O) groups excluding carboxylic acids is 2. The highest BCUT2D eigenvalue weighted by Gasteiger charge is 2.23. The summed E-state index contributed by atoms with van der Waals surface area (Å²) in [5, 5.41) is 4.58. The molecule has 0 aliphatic rings. The van der Waals surface area contributed by atoms with Gasteiger partial charge in [0, 0.05) is 16.5 Å². The van der Waals surface area contributed by atoms with Crippen LogP contribution < -0.4 is 10.1 Å². The van der Waals surface area contributed by atoms with Gasteiger partial charge in [0.15, 0.2) is 11.6 Å². The number of esters is 1. The minimum Gasteiger partial charge on any atom is -0.462 e. The molecule has 8 heteroatoms. The Morgan fingerprint density at radius 3 is 2.29 bits per heavy atom. The van der Waals surface area contributed by atoms with Gasteiger partial charge >= 0.3 is 5.97 Å². The third-order valence-electron chi connectivity index (χ3n) is 4.82. The Kier molecular flexibility index (Phi) is 6.98. The zero-order chi connectivity index (χ0) is 24.1. The van der Waals surface area contributed by atoms with Gasteiger partial charge in [0.05, 0.1) is 6.61 Å². The summed E-state index contributed by atoms with van der Waals surface area (Å²) < 4.78 is 37.8. The second-order valence-electron chi connectivity index (χ2n) is 7.10. The molecule has 0 spiro atoms. The monoisotopic (exact) mass is 479 g/mol. The van der Waals surface area contributed by atoms with Crippen molar-refractivity contribution in [2.75, 3.05) is 11.9 Å². The smallest absolute Gasteiger partial charge is 0.341 e. The molecule has 172 valence electrons. The van der Waals surface area contributed by atoms with Crippen molar-refractivity contribution < 1.29 is 27.8 Å². The molecule has 1 aromatic heterocycles. The first-order chi connectivity index (χ1) is 16.5. The van der Waals surface area contributed by atoms with E-state index in [9.17, 15) is 18.4 Å². The van der Waals surface area contributed by atoms with E-state index in [1.807, 2.05) is 30.3 Å². The molecule has 0 bridgehead atoms. The van der Waals surface area contributed by atoms with Gasteiger partial charge in [-0.3, -0.25) is 4.79 Å². The number of para-hydroxylation sites is 1. The first-order valence-electron chi connectivity index (χ1n) is 10.3. The number of amides is 1. The van der Waals surface area contributed by atoms with Gasteiger partial charge in [-0.1, -0.05) is 30.3 Å². The van der Waals surface area contributed by atoms with Gasteiger partial charge in [-0.15, -0.1) is 11.3 Å². The molecule has 0 aliphatic carbocycles. The predicted octanol–water partition coefficient (Wildman–Crippen LogP) is 6.91. The van der Waals surface area contributed by atoms with Crippen LogP contribution in [0.1, 0.15) is 27.6 Å². The lowest BCUT2D eigenvalue weighted by Crippen LogP contribution is -2.15. The maximum absolute atomic E-state index is 13.5. The van der Waals surface area contributed by atoms with Gasteiger partial charge < -0.3 is 14.8 Å². The molecule has 0 atom stereocenters. The van der Waals surface area contributed by atoms with Gasteiger partial charge in [0.2, 0.25) is 0 Å². The maximum Gasteiger partial charge on any atom is 0.341 e. The number of thiophene rings is 1. The second kappa shape index (κ2) is 10.3. The fourth-order valence-corrected chi connectivity index (χ4v) is 4.16. The Morgan fingerprint density at radius 2 is 1.62 bits per heavy atom. The molecule has 0 fully saturated rings. The van der Waals surface area contributed by atoms with Crippen molar-refractivity contribution in [2.24, 2.45) is 0 Å². The van der Waals surface area contributed by atoms with Gasteiger partial charge in [-0.2, -0.15) is 0 Å². The molecular weight excluding hydrogens is 460 g/mol. The molecule has 0 saturated carbocycles. The van der Waals surface area contributed by atoms with E-state index in [0.717, 1.165) is 29.5 Å². The van der Waals surface area contributed by atoms with Crippen LogP contribution in [-0.4, -0.2) is 18.5 Å². The van der Waals surface area contributed by atoms with Crippen LogP contribution in [0.25, 0.3) is 11.1 Å². The normalized spacial score (nSPS) is 10.6. The number of anilines is 1. The first-order valence-corrected chi connectivity index (χ1v) is 11.2. The highest BCUT2D eigenvalue weighted by molar-refractivity contribution is 7.15. The SMILES string of the molecule is CCOC(=O)c1c(-c2ccc(Oc3ccccc3)cc2)csc1NC(=O)c1ccc(F)c(F)c1. The van der Waals surface area contributed by atoms with E-state index in [2.05, 4.69) is 5.32 Å². The number of ether oxygens (including phenoxy) is 2. The molecule has 34 heavy (non-hydrogen) atoms. The van der Waals surface area contributed by atoms with Crippen LogP contribution in [0.3, 0.4) is 0 Å². The summed E-state index contributed by atoms with van der Waals surface area (Å²) in [6.07, 6.45) is 0. The number of rotatable bonds is 7. The van der Waals surface area contributed by atoms with Crippen LogP contribution in [0.15, 0.2) is 78.2 Å². The Balaban J connectivity index is 1.62. The topological polar surface area (TPSA) is 64.6 Å². The fourth-order valence-electron chi connectivity index (χ4n) is 3.21.